The first-order chi connectivity index (χ1) is 10.1. The molecule has 0 fully saturated rings. The number of ether oxygens (including phenoxy) is 1. The summed E-state index contributed by atoms with van der Waals surface area (Å²) in [6, 6.07) is 4.39. The Bertz CT molecular complexity index is 678. The molecule has 110 valence electrons. The van der Waals surface area contributed by atoms with Crippen molar-refractivity contribution in [2.75, 3.05) is 19.0 Å². The normalized spacial score (nSPS) is 13.9. The minimum Gasteiger partial charge on any atom is -0.376 e. The van der Waals surface area contributed by atoms with Crippen LogP contribution < -0.4 is 5.32 Å². The summed E-state index contributed by atoms with van der Waals surface area (Å²) in [4.78, 5) is 9.50. The van der Waals surface area contributed by atoms with Crippen LogP contribution in [0.1, 0.15) is 27.9 Å². The Morgan fingerprint density at radius 1 is 1.05 bits per heavy atom. The number of nitrogens with one attached hydrogen (secondary N) is 1. The standard InChI is InChI=1S/C17H21N3O/c1-10-7-12(3)13(8-11(10)2)17-19-15-5-6-21-9-14(15)16(18-4)20-17/h7-8H,5-6,9H2,1-4H3,(H,18,19,20). The monoisotopic (exact) mass is 283 g/mol. The number of fused-ring (bicyclic) bond motifs is 1. The van der Waals surface area contributed by atoms with Gasteiger partial charge in [-0.25, -0.2) is 9.97 Å². The molecule has 0 bridgehead atoms. The van der Waals surface area contributed by atoms with Crippen LogP contribution in [0.4, 0.5) is 5.82 Å². The third-order valence-corrected chi connectivity index (χ3v) is 4.14. The second-order valence-electron chi connectivity index (χ2n) is 5.63. The second-order valence-corrected chi connectivity index (χ2v) is 5.63. The van der Waals surface area contributed by atoms with Crippen LogP contribution in [0, 0.1) is 20.8 Å². The van der Waals surface area contributed by atoms with E-state index in [0.717, 1.165) is 41.5 Å². The third-order valence-electron chi connectivity index (χ3n) is 4.14. The van der Waals surface area contributed by atoms with Crippen molar-refractivity contribution in [1.82, 2.24) is 9.97 Å². The zero-order valence-corrected chi connectivity index (χ0v) is 13.1. The third kappa shape index (κ3) is 2.51. The Labute approximate surface area is 125 Å². The van der Waals surface area contributed by atoms with Gasteiger partial charge in [0, 0.05) is 24.6 Å². The lowest BCUT2D eigenvalue weighted by Gasteiger charge is -2.20. The Balaban J connectivity index is 2.17. The van der Waals surface area contributed by atoms with Gasteiger partial charge in [-0.2, -0.15) is 0 Å². The van der Waals surface area contributed by atoms with Gasteiger partial charge < -0.3 is 10.1 Å². The first-order valence-corrected chi connectivity index (χ1v) is 7.33. The minimum atomic E-state index is 0.595. The van der Waals surface area contributed by atoms with E-state index in [2.05, 4.69) is 38.2 Å². The predicted octanol–water partition coefficient (Wildman–Crippen LogP) is 3.18. The van der Waals surface area contributed by atoms with Crippen LogP contribution in [0.2, 0.25) is 0 Å². The van der Waals surface area contributed by atoms with Gasteiger partial charge in [-0.15, -0.1) is 0 Å². The summed E-state index contributed by atoms with van der Waals surface area (Å²) in [5.74, 6) is 1.69. The maximum atomic E-state index is 5.52. The topological polar surface area (TPSA) is 47.0 Å². The highest BCUT2D eigenvalue weighted by Gasteiger charge is 2.19. The summed E-state index contributed by atoms with van der Waals surface area (Å²) < 4.78 is 5.52. The van der Waals surface area contributed by atoms with Crippen LogP contribution in [0.5, 0.6) is 0 Å². The Morgan fingerprint density at radius 2 is 1.81 bits per heavy atom. The van der Waals surface area contributed by atoms with E-state index in [1.54, 1.807) is 0 Å². The number of rotatable bonds is 2. The summed E-state index contributed by atoms with van der Waals surface area (Å²) in [6.07, 6.45) is 0.851. The van der Waals surface area contributed by atoms with Gasteiger partial charge in [-0.1, -0.05) is 6.07 Å². The summed E-state index contributed by atoms with van der Waals surface area (Å²) in [5.41, 5.74) is 7.10. The van der Waals surface area contributed by atoms with Crippen molar-refractivity contribution in [2.24, 2.45) is 0 Å². The van der Waals surface area contributed by atoms with Crippen molar-refractivity contribution < 1.29 is 4.74 Å². The first kappa shape index (κ1) is 14.0. The van der Waals surface area contributed by atoms with Gasteiger partial charge in [0.2, 0.25) is 0 Å². The molecule has 0 aliphatic carbocycles. The molecule has 0 saturated heterocycles. The van der Waals surface area contributed by atoms with E-state index in [1.165, 1.54) is 16.7 Å². The number of hydrogen-bond donors (Lipinski definition) is 1. The predicted molar refractivity (Wildman–Crippen MR) is 84.6 cm³/mol. The van der Waals surface area contributed by atoms with Gasteiger partial charge >= 0.3 is 0 Å². The van der Waals surface area contributed by atoms with E-state index in [9.17, 15) is 0 Å². The molecular weight excluding hydrogens is 262 g/mol. The average molecular weight is 283 g/mol. The molecule has 0 amide bonds. The fourth-order valence-electron chi connectivity index (χ4n) is 2.76. The zero-order valence-electron chi connectivity index (χ0n) is 13.1. The molecule has 1 aliphatic heterocycles. The smallest absolute Gasteiger partial charge is 0.162 e. The van der Waals surface area contributed by atoms with Crippen LogP contribution in [-0.2, 0) is 17.8 Å². The van der Waals surface area contributed by atoms with E-state index in [1.807, 2.05) is 7.05 Å². The van der Waals surface area contributed by atoms with Gasteiger partial charge in [0.15, 0.2) is 5.82 Å². The molecule has 0 spiro atoms. The number of hydrogen-bond acceptors (Lipinski definition) is 4. The molecule has 21 heavy (non-hydrogen) atoms. The number of anilines is 1. The van der Waals surface area contributed by atoms with Crippen molar-refractivity contribution in [1.29, 1.82) is 0 Å². The molecule has 1 aromatic heterocycles. The highest BCUT2D eigenvalue weighted by molar-refractivity contribution is 5.65. The number of aryl methyl sites for hydroxylation is 3. The van der Waals surface area contributed by atoms with E-state index >= 15 is 0 Å². The van der Waals surface area contributed by atoms with Crippen LogP contribution in [0.25, 0.3) is 11.4 Å². The maximum absolute atomic E-state index is 5.52. The molecule has 0 unspecified atom stereocenters. The summed E-state index contributed by atoms with van der Waals surface area (Å²) in [6.45, 7) is 7.71. The number of aromatic nitrogens is 2. The molecule has 1 aromatic carbocycles. The van der Waals surface area contributed by atoms with Gasteiger partial charge in [0.1, 0.15) is 5.82 Å². The summed E-state index contributed by atoms with van der Waals surface area (Å²) in [7, 11) is 1.90. The van der Waals surface area contributed by atoms with Crippen LogP contribution in [-0.4, -0.2) is 23.6 Å². The molecule has 4 heteroatoms. The van der Waals surface area contributed by atoms with E-state index in [-0.39, 0.29) is 0 Å². The van der Waals surface area contributed by atoms with E-state index in [0.29, 0.717) is 6.61 Å². The molecule has 2 heterocycles. The van der Waals surface area contributed by atoms with Crippen LogP contribution in [0.15, 0.2) is 12.1 Å². The van der Waals surface area contributed by atoms with Crippen molar-refractivity contribution >= 4 is 5.82 Å². The molecule has 0 saturated carbocycles. The Kier molecular flexibility index (Phi) is 3.64. The molecule has 3 rings (SSSR count). The summed E-state index contributed by atoms with van der Waals surface area (Å²) >= 11 is 0. The molecule has 0 atom stereocenters. The highest BCUT2D eigenvalue weighted by atomic mass is 16.5. The quantitative estimate of drug-likeness (QED) is 0.919. The molecule has 4 nitrogen and oxygen atoms in total. The molecule has 0 radical (unpaired) electrons. The lowest BCUT2D eigenvalue weighted by atomic mass is 10.00. The lowest BCUT2D eigenvalue weighted by molar-refractivity contribution is 0.109. The number of nitrogens with zero attached hydrogens (tertiary/aromatic N) is 2. The number of benzene rings is 1. The molecule has 2 aromatic rings. The van der Waals surface area contributed by atoms with Crippen molar-refractivity contribution in [3.8, 4) is 11.4 Å². The second kappa shape index (κ2) is 5.45. The average Bonchev–Trinajstić information content (AvgIpc) is 2.49. The van der Waals surface area contributed by atoms with E-state index < -0.39 is 0 Å². The Hall–Kier alpha value is -1.94. The molecule has 1 aliphatic rings. The highest BCUT2D eigenvalue weighted by Crippen LogP contribution is 2.29. The van der Waals surface area contributed by atoms with Gasteiger partial charge in [-0.3, -0.25) is 0 Å². The lowest BCUT2D eigenvalue weighted by Crippen LogP contribution is -2.16. The maximum Gasteiger partial charge on any atom is 0.162 e. The van der Waals surface area contributed by atoms with Gasteiger partial charge in [0.25, 0.3) is 0 Å². The fraction of sp³-hybridized carbons (Fsp3) is 0.412. The van der Waals surface area contributed by atoms with Crippen LogP contribution in [0.3, 0.4) is 0 Å². The van der Waals surface area contributed by atoms with Gasteiger partial charge in [-0.05, 0) is 43.5 Å². The zero-order chi connectivity index (χ0) is 15.0. The first-order valence-electron chi connectivity index (χ1n) is 7.33. The minimum absolute atomic E-state index is 0.595. The fourth-order valence-corrected chi connectivity index (χ4v) is 2.76. The van der Waals surface area contributed by atoms with Crippen molar-refractivity contribution in [3.05, 3.63) is 40.1 Å². The van der Waals surface area contributed by atoms with Crippen molar-refractivity contribution in [3.63, 3.8) is 0 Å². The van der Waals surface area contributed by atoms with Crippen LogP contribution >= 0.6 is 0 Å². The molecular formula is C17H21N3O. The van der Waals surface area contributed by atoms with Gasteiger partial charge in [0.05, 0.1) is 18.9 Å². The SMILES string of the molecule is CNc1nc(-c2cc(C)c(C)cc2C)nc2c1COCC2. The largest absolute Gasteiger partial charge is 0.376 e. The Morgan fingerprint density at radius 3 is 2.57 bits per heavy atom. The molecule has 1 N–H and O–H groups in total. The summed E-state index contributed by atoms with van der Waals surface area (Å²) in [5, 5.41) is 3.18. The van der Waals surface area contributed by atoms with E-state index in [4.69, 9.17) is 14.7 Å². The van der Waals surface area contributed by atoms with Crippen molar-refractivity contribution in [2.45, 2.75) is 33.8 Å².